The highest BCUT2D eigenvalue weighted by Gasteiger charge is 2.21. The molecule has 240 valence electrons. The second kappa shape index (κ2) is 15.7. The molecule has 4 aliphatic carbocycles. The quantitative estimate of drug-likeness (QED) is 0.162. The fourth-order valence-electron chi connectivity index (χ4n) is 8.13. The molecule has 0 aliphatic heterocycles. The number of benzene rings is 3. The maximum atomic E-state index is 2.54. The number of aryl methyl sites for hydroxylation is 2. The van der Waals surface area contributed by atoms with Crippen molar-refractivity contribution in [1.82, 2.24) is 0 Å². The van der Waals surface area contributed by atoms with Gasteiger partial charge >= 0.3 is 0 Å². The zero-order chi connectivity index (χ0) is 31.7. The molecule has 0 heterocycles. The Balaban J connectivity index is 1.00. The summed E-state index contributed by atoms with van der Waals surface area (Å²) in [6.45, 7) is 0. The first-order valence-corrected chi connectivity index (χ1v) is 18.5. The van der Waals surface area contributed by atoms with Crippen molar-refractivity contribution in [3.63, 3.8) is 0 Å². The smallest absolute Gasteiger partial charge is 0.0522 e. The molecular weight excluding hydrogens is 567 g/mol. The van der Waals surface area contributed by atoms with Crippen LogP contribution in [-0.4, -0.2) is 6.04 Å². The Morgan fingerprint density at radius 1 is 0.681 bits per heavy atom. The summed E-state index contributed by atoms with van der Waals surface area (Å²) in [5, 5.41) is 0. The first kappa shape index (κ1) is 31.5. The Labute approximate surface area is 283 Å². The highest BCUT2D eigenvalue weighted by molar-refractivity contribution is 5.67. The molecule has 1 atom stereocenters. The van der Waals surface area contributed by atoms with E-state index in [4.69, 9.17) is 0 Å². The lowest BCUT2D eigenvalue weighted by molar-refractivity contribution is 0.631. The number of hydrogen-bond acceptors (Lipinski definition) is 1. The minimum atomic E-state index is 0.391. The Hall–Kier alpha value is -4.10. The van der Waals surface area contributed by atoms with Crippen molar-refractivity contribution in [1.29, 1.82) is 0 Å². The molecule has 0 N–H and O–H groups in total. The van der Waals surface area contributed by atoms with Gasteiger partial charge < -0.3 is 4.90 Å². The summed E-state index contributed by atoms with van der Waals surface area (Å²) < 4.78 is 0. The van der Waals surface area contributed by atoms with Crippen molar-refractivity contribution in [2.24, 2.45) is 0 Å². The SMILES string of the molecule is C(C=Cc1ccc(N(c2ccc(CCC=Cc3cccc4c3CCCC4)cc2)C2C=CCCC2)cc1)=CC1=C2CCCCC2=CCC1. The summed E-state index contributed by atoms with van der Waals surface area (Å²) in [5.41, 5.74) is 14.6. The molecule has 0 bridgehead atoms. The van der Waals surface area contributed by atoms with Crippen molar-refractivity contribution in [2.75, 3.05) is 4.90 Å². The molecule has 0 aromatic heterocycles. The zero-order valence-corrected chi connectivity index (χ0v) is 28.2. The van der Waals surface area contributed by atoms with Crippen LogP contribution in [0.3, 0.4) is 0 Å². The Kier molecular flexibility index (Phi) is 10.5. The third kappa shape index (κ3) is 7.90. The van der Waals surface area contributed by atoms with Crippen LogP contribution < -0.4 is 4.90 Å². The molecule has 0 spiro atoms. The van der Waals surface area contributed by atoms with Crippen LogP contribution in [0.2, 0.25) is 0 Å². The summed E-state index contributed by atoms with van der Waals surface area (Å²) in [7, 11) is 0. The van der Waals surface area contributed by atoms with Crippen LogP contribution in [0.4, 0.5) is 11.4 Å². The minimum Gasteiger partial charge on any atom is -0.335 e. The summed E-state index contributed by atoms with van der Waals surface area (Å²) in [4.78, 5) is 2.54. The van der Waals surface area contributed by atoms with Crippen LogP contribution in [-0.2, 0) is 19.3 Å². The molecule has 3 aromatic rings. The Morgan fingerprint density at radius 3 is 2.32 bits per heavy atom. The highest BCUT2D eigenvalue weighted by atomic mass is 15.2. The summed E-state index contributed by atoms with van der Waals surface area (Å²) >= 11 is 0. The topological polar surface area (TPSA) is 3.24 Å². The molecule has 47 heavy (non-hydrogen) atoms. The predicted molar refractivity (Wildman–Crippen MR) is 203 cm³/mol. The van der Waals surface area contributed by atoms with Gasteiger partial charge in [0.1, 0.15) is 0 Å². The lowest BCUT2D eigenvalue weighted by Crippen LogP contribution is -2.30. The first-order valence-electron chi connectivity index (χ1n) is 18.5. The van der Waals surface area contributed by atoms with Gasteiger partial charge in [-0.05, 0) is 165 Å². The summed E-state index contributed by atoms with van der Waals surface area (Å²) in [6.07, 6.45) is 39.6. The van der Waals surface area contributed by atoms with Crippen LogP contribution in [0.15, 0.2) is 126 Å². The van der Waals surface area contributed by atoms with Crippen molar-refractivity contribution < 1.29 is 0 Å². The van der Waals surface area contributed by atoms with E-state index in [0.29, 0.717) is 6.04 Å². The number of allylic oxidation sites excluding steroid dienone is 9. The molecule has 3 aromatic carbocycles. The number of nitrogens with zero attached hydrogens (tertiary/aromatic N) is 1. The number of fused-ring (bicyclic) bond motifs is 2. The minimum absolute atomic E-state index is 0.391. The average molecular weight is 618 g/mol. The Bertz CT molecular complexity index is 1690. The van der Waals surface area contributed by atoms with Gasteiger partial charge in [0.15, 0.2) is 0 Å². The molecule has 0 saturated heterocycles. The van der Waals surface area contributed by atoms with Gasteiger partial charge in [-0.2, -0.15) is 0 Å². The van der Waals surface area contributed by atoms with E-state index in [9.17, 15) is 0 Å². The van der Waals surface area contributed by atoms with E-state index in [-0.39, 0.29) is 0 Å². The highest BCUT2D eigenvalue weighted by Crippen LogP contribution is 2.37. The van der Waals surface area contributed by atoms with Crippen LogP contribution in [0, 0.1) is 0 Å². The first-order chi connectivity index (χ1) is 23.3. The maximum absolute atomic E-state index is 2.54. The van der Waals surface area contributed by atoms with Gasteiger partial charge in [0.2, 0.25) is 0 Å². The van der Waals surface area contributed by atoms with E-state index < -0.39 is 0 Å². The van der Waals surface area contributed by atoms with E-state index in [1.807, 2.05) is 0 Å². The summed E-state index contributed by atoms with van der Waals surface area (Å²) in [6, 6.07) is 25.7. The molecule has 1 heteroatoms. The van der Waals surface area contributed by atoms with E-state index in [0.717, 1.165) is 12.8 Å². The normalized spacial score (nSPS) is 19.7. The molecule has 7 rings (SSSR count). The Morgan fingerprint density at radius 2 is 1.47 bits per heavy atom. The second-order valence-corrected chi connectivity index (χ2v) is 13.9. The van der Waals surface area contributed by atoms with Gasteiger partial charge in [-0.3, -0.25) is 0 Å². The third-order valence-electron chi connectivity index (χ3n) is 10.7. The molecule has 1 saturated carbocycles. The predicted octanol–water partition coefficient (Wildman–Crippen LogP) is 12.6. The summed E-state index contributed by atoms with van der Waals surface area (Å²) in [5.74, 6) is 0. The van der Waals surface area contributed by atoms with E-state index in [2.05, 4.69) is 126 Å². The number of anilines is 2. The maximum Gasteiger partial charge on any atom is 0.0522 e. The fraction of sp³-hybridized carbons (Fsp3) is 0.348. The van der Waals surface area contributed by atoms with E-state index in [1.54, 1.807) is 27.8 Å². The van der Waals surface area contributed by atoms with Crippen molar-refractivity contribution in [2.45, 2.75) is 102 Å². The van der Waals surface area contributed by atoms with Crippen LogP contribution in [0.1, 0.15) is 105 Å². The molecule has 1 nitrogen and oxygen atoms in total. The van der Waals surface area contributed by atoms with Crippen molar-refractivity contribution >= 4 is 23.5 Å². The third-order valence-corrected chi connectivity index (χ3v) is 10.7. The standard InChI is InChI=1S/C46H51N/c1-2-24-42(25-3-1)47(43-32-28-36(29-33-43)14-4-6-16-38-20-12-22-40-18-8-10-26-45(38)40)44-34-30-37(31-35-44)15-5-7-17-39-21-13-23-41-19-9-11-27-46(39)41/h2,4,6-7,13-14,16-17,21-24,28-35,42H,1,3,5,8-12,15,18-20,25-27H2. The molecule has 0 amide bonds. The van der Waals surface area contributed by atoms with Crippen LogP contribution in [0.25, 0.3) is 12.2 Å². The lowest BCUT2D eigenvalue weighted by atomic mass is 9.81. The molecule has 0 radical (unpaired) electrons. The average Bonchev–Trinajstić information content (AvgIpc) is 3.14. The van der Waals surface area contributed by atoms with Gasteiger partial charge in [0.25, 0.3) is 0 Å². The largest absolute Gasteiger partial charge is 0.335 e. The van der Waals surface area contributed by atoms with Gasteiger partial charge in [-0.1, -0.05) is 97.1 Å². The van der Waals surface area contributed by atoms with Gasteiger partial charge in [0.05, 0.1) is 6.04 Å². The van der Waals surface area contributed by atoms with Crippen LogP contribution in [0.5, 0.6) is 0 Å². The van der Waals surface area contributed by atoms with Gasteiger partial charge in [0, 0.05) is 11.4 Å². The molecule has 4 aliphatic rings. The number of hydrogen-bond donors (Lipinski definition) is 0. The molecular formula is C46H51N. The van der Waals surface area contributed by atoms with E-state index in [1.165, 1.54) is 112 Å². The zero-order valence-electron chi connectivity index (χ0n) is 28.2. The number of rotatable bonds is 10. The monoisotopic (exact) mass is 617 g/mol. The van der Waals surface area contributed by atoms with E-state index >= 15 is 0 Å². The fourth-order valence-corrected chi connectivity index (χ4v) is 8.13. The molecule has 1 fully saturated rings. The van der Waals surface area contributed by atoms with Gasteiger partial charge in [-0.25, -0.2) is 0 Å². The second-order valence-electron chi connectivity index (χ2n) is 13.9. The van der Waals surface area contributed by atoms with Crippen molar-refractivity contribution in [3.8, 4) is 0 Å². The van der Waals surface area contributed by atoms with Crippen molar-refractivity contribution in [3.05, 3.63) is 154 Å². The van der Waals surface area contributed by atoms with Crippen LogP contribution >= 0.6 is 0 Å². The molecule has 1 unspecified atom stereocenters. The lowest BCUT2D eigenvalue weighted by Gasteiger charge is -2.34. The van der Waals surface area contributed by atoms with Gasteiger partial charge in [-0.15, -0.1) is 0 Å².